The van der Waals surface area contributed by atoms with Gasteiger partial charge in [0.15, 0.2) is 0 Å². The van der Waals surface area contributed by atoms with E-state index in [4.69, 9.17) is 4.74 Å². The molecule has 0 radical (unpaired) electrons. The predicted octanol–water partition coefficient (Wildman–Crippen LogP) is 1.39. The molecule has 1 aliphatic heterocycles. The summed E-state index contributed by atoms with van der Waals surface area (Å²) in [6, 6.07) is 4.57. The highest BCUT2D eigenvalue weighted by molar-refractivity contribution is 6.52. The van der Waals surface area contributed by atoms with E-state index in [9.17, 15) is 14.4 Å². The number of ether oxygens (including phenoxy) is 1. The van der Waals surface area contributed by atoms with Crippen LogP contribution in [0.3, 0.4) is 0 Å². The normalized spacial score (nSPS) is 13.6. The molecule has 5 heteroatoms. The van der Waals surface area contributed by atoms with Crippen LogP contribution in [0, 0.1) is 0 Å². The van der Waals surface area contributed by atoms with Crippen molar-refractivity contribution >= 4 is 23.3 Å². The fourth-order valence-electron chi connectivity index (χ4n) is 1.62. The zero-order valence-electron chi connectivity index (χ0n) is 9.44. The van der Waals surface area contributed by atoms with Gasteiger partial charge in [-0.1, -0.05) is 6.07 Å². The summed E-state index contributed by atoms with van der Waals surface area (Å²) in [7, 11) is 0. The third-order valence-corrected chi connectivity index (χ3v) is 2.32. The van der Waals surface area contributed by atoms with Crippen molar-refractivity contribution in [3.8, 4) is 0 Å². The molecule has 1 N–H and O–H groups in total. The largest absolute Gasteiger partial charge is 0.459 e. The van der Waals surface area contributed by atoms with Gasteiger partial charge in [0, 0.05) is 0 Å². The fourth-order valence-corrected chi connectivity index (χ4v) is 1.62. The maximum atomic E-state index is 11.7. The van der Waals surface area contributed by atoms with E-state index in [-0.39, 0.29) is 22.9 Å². The van der Waals surface area contributed by atoms with Crippen molar-refractivity contribution in [2.45, 2.75) is 20.0 Å². The second kappa shape index (κ2) is 4.01. The molecule has 17 heavy (non-hydrogen) atoms. The first-order chi connectivity index (χ1) is 8.00. The van der Waals surface area contributed by atoms with Crippen molar-refractivity contribution < 1.29 is 19.1 Å². The van der Waals surface area contributed by atoms with E-state index in [1.165, 1.54) is 12.1 Å². The quantitative estimate of drug-likeness (QED) is 0.618. The van der Waals surface area contributed by atoms with Crippen LogP contribution in [-0.2, 0) is 9.53 Å². The van der Waals surface area contributed by atoms with Crippen molar-refractivity contribution in [1.29, 1.82) is 0 Å². The number of carbonyl (C=O) groups is 3. The van der Waals surface area contributed by atoms with Gasteiger partial charge < -0.3 is 10.1 Å². The molecule has 0 atom stereocenters. The van der Waals surface area contributed by atoms with Gasteiger partial charge in [-0.05, 0) is 26.0 Å². The van der Waals surface area contributed by atoms with Crippen LogP contribution in [0.2, 0.25) is 0 Å². The number of fused-ring (bicyclic) bond motifs is 1. The standard InChI is InChI=1S/C12H11NO4/c1-6(2)17-12(16)8-5-3-4-7-9(8)13-11(15)10(7)14/h3-6H,1-2H3,(H,13,14,15). The molecule has 0 bridgehead atoms. The van der Waals surface area contributed by atoms with Gasteiger partial charge >= 0.3 is 5.97 Å². The Kier molecular flexibility index (Phi) is 2.67. The van der Waals surface area contributed by atoms with E-state index in [0.717, 1.165) is 0 Å². The Morgan fingerprint density at radius 1 is 1.29 bits per heavy atom. The molecule has 0 unspecified atom stereocenters. The molecule has 1 aromatic carbocycles. The van der Waals surface area contributed by atoms with E-state index >= 15 is 0 Å². The number of para-hydroxylation sites is 1. The van der Waals surface area contributed by atoms with Gasteiger partial charge in [0.25, 0.3) is 11.7 Å². The molecule has 1 amide bonds. The Bertz CT molecular complexity index is 519. The summed E-state index contributed by atoms with van der Waals surface area (Å²) in [4.78, 5) is 34.4. The maximum absolute atomic E-state index is 11.7. The molecule has 5 nitrogen and oxygen atoms in total. The molecule has 88 valence electrons. The average Bonchev–Trinajstić information content (AvgIpc) is 2.54. The first kappa shape index (κ1) is 11.3. The first-order valence-corrected chi connectivity index (χ1v) is 5.20. The summed E-state index contributed by atoms with van der Waals surface area (Å²) in [5, 5.41) is 2.38. The summed E-state index contributed by atoms with van der Waals surface area (Å²) in [5.41, 5.74) is 0.664. The van der Waals surface area contributed by atoms with Crippen LogP contribution in [0.5, 0.6) is 0 Å². The van der Waals surface area contributed by atoms with Gasteiger partial charge in [0.05, 0.1) is 22.9 Å². The van der Waals surface area contributed by atoms with Crippen molar-refractivity contribution in [2.75, 3.05) is 5.32 Å². The lowest BCUT2D eigenvalue weighted by Gasteiger charge is -2.10. The number of amides is 1. The molecule has 1 aliphatic rings. The van der Waals surface area contributed by atoms with Crippen LogP contribution in [-0.4, -0.2) is 23.8 Å². The minimum Gasteiger partial charge on any atom is -0.459 e. The van der Waals surface area contributed by atoms with Crippen LogP contribution in [0.15, 0.2) is 18.2 Å². The number of rotatable bonds is 2. The van der Waals surface area contributed by atoms with Gasteiger partial charge in [-0.15, -0.1) is 0 Å². The van der Waals surface area contributed by atoms with E-state index in [1.807, 2.05) is 0 Å². The molecule has 0 aliphatic carbocycles. The Labute approximate surface area is 97.8 Å². The van der Waals surface area contributed by atoms with E-state index in [2.05, 4.69) is 5.32 Å². The second-order valence-corrected chi connectivity index (χ2v) is 3.97. The number of Topliss-reactive ketones (excluding diaryl/α,β-unsaturated/α-hetero) is 1. The maximum Gasteiger partial charge on any atom is 0.340 e. The third kappa shape index (κ3) is 1.91. The lowest BCUT2D eigenvalue weighted by atomic mass is 10.1. The summed E-state index contributed by atoms with van der Waals surface area (Å²) in [6.45, 7) is 3.45. The van der Waals surface area contributed by atoms with Crippen LogP contribution in [0.4, 0.5) is 5.69 Å². The molecule has 0 saturated heterocycles. The van der Waals surface area contributed by atoms with Crippen LogP contribution in [0.25, 0.3) is 0 Å². The number of ketones is 1. The lowest BCUT2D eigenvalue weighted by molar-refractivity contribution is -0.112. The first-order valence-electron chi connectivity index (χ1n) is 5.20. The SMILES string of the molecule is CC(C)OC(=O)c1cccc2c1NC(=O)C2=O. The molecule has 0 spiro atoms. The van der Waals surface area contributed by atoms with Crippen LogP contribution in [0.1, 0.15) is 34.6 Å². The number of hydrogen-bond acceptors (Lipinski definition) is 4. The molecular weight excluding hydrogens is 222 g/mol. The van der Waals surface area contributed by atoms with E-state index in [1.54, 1.807) is 19.9 Å². The molecular formula is C12H11NO4. The van der Waals surface area contributed by atoms with Gasteiger partial charge in [-0.2, -0.15) is 0 Å². The smallest absolute Gasteiger partial charge is 0.340 e. The summed E-state index contributed by atoms with van der Waals surface area (Å²) >= 11 is 0. The lowest BCUT2D eigenvalue weighted by Crippen LogP contribution is -2.15. The number of hydrogen-bond donors (Lipinski definition) is 1. The highest BCUT2D eigenvalue weighted by Crippen LogP contribution is 2.27. The number of benzene rings is 1. The number of esters is 1. The Balaban J connectivity index is 2.42. The predicted molar refractivity (Wildman–Crippen MR) is 60.0 cm³/mol. The fraction of sp³-hybridized carbons (Fsp3) is 0.250. The number of nitrogens with one attached hydrogen (secondary N) is 1. The topological polar surface area (TPSA) is 72.5 Å². The molecule has 0 fully saturated rings. The summed E-state index contributed by atoms with van der Waals surface area (Å²) < 4.78 is 5.03. The number of carbonyl (C=O) groups excluding carboxylic acids is 3. The van der Waals surface area contributed by atoms with Crippen molar-refractivity contribution in [3.63, 3.8) is 0 Å². The molecule has 1 heterocycles. The highest BCUT2D eigenvalue weighted by atomic mass is 16.5. The van der Waals surface area contributed by atoms with Crippen molar-refractivity contribution in [2.24, 2.45) is 0 Å². The van der Waals surface area contributed by atoms with Crippen LogP contribution >= 0.6 is 0 Å². The van der Waals surface area contributed by atoms with Crippen molar-refractivity contribution in [1.82, 2.24) is 0 Å². The zero-order valence-corrected chi connectivity index (χ0v) is 9.44. The second-order valence-electron chi connectivity index (χ2n) is 3.97. The molecule has 2 rings (SSSR count). The van der Waals surface area contributed by atoms with E-state index < -0.39 is 17.7 Å². The zero-order chi connectivity index (χ0) is 12.6. The van der Waals surface area contributed by atoms with Crippen molar-refractivity contribution in [3.05, 3.63) is 29.3 Å². The molecule has 0 saturated carbocycles. The Morgan fingerprint density at radius 3 is 2.65 bits per heavy atom. The van der Waals surface area contributed by atoms with Gasteiger partial charge in [-0.25, -0.2) is 4.79 Å². The monoisotopic (exact) mass is 233 g/mol. The van der Waals surface area contributed by atoms with Gasteiger partial charge in [0.1, 0.15) is 0 Å². The van der Waals surface area contributed by atoms with Crippen LogP contribution < -0.4 is 5.32 Å². The average molecular weight is 233 g/mol. The third-order valence-electron chi connectivity index (χ3n) is 2.32. The van der Waals surface area contributed by atoms with Gasteiger partial charge in [-0.3, -0.25) is 9.59 Å². The highest BCUT2D eigenvalue weighted by Gasteiger charge is 2.31. The Hall–Kier alpha value is -2.17. The minimum absolute atomic E-state index is 0.204. The summed E-state index contributed by atoms with van der Waals surface area (Å²) in [6.07, 6.45) is -0.258. The molecule has 0 aromatic heterocycles. The summed E-state index contributed by atoms with van der Waals surface area (Å²) in [5.74, 6) is -1.89. The minimum atomic E-state index is -0.718. The van der Waals surface area contributed by atoms with Gasteiger partial charge in [0.2, 0.25) is 0 Å². The Morgan fingerprint density at radius 2 is 2.00 bits per heavy atom. The van der Waals surface area contributed by atoms with E-state index in [0.29, 0.717) is 0 Å². The molecule has 1 aromatic rings. The number of anilines is 1.